The van der Waals surface area contributed by atoms with Gasteiger partial charge in [0.05, 0.1) is 4.99 Å². The third kappa shape index (κ3) is 3.51. The lowest BCUT2D eigenvalue weighted by Crippen LogP contribution is -2.27. The van der Waals surface area contributed by atoms with Crippen molar-refractivity contribution in [1.29, 1.82) is 0 Å². The number of ether oxygens (including phenoxy) is 1. The lowest BCUT2D eigenvalue weighted by atomic mass is 10.00. The molecule has 1 aliphatic rings. The quantitative estimate of drug-likeness (QED) is 0.829. The lowest BCUT2D eigenvalue weighted by molar-refractivity contribution is 0.0833. The molecular formula is C14H19NOS. The molecule has 1 N–H and O–H groups in total. The monoisotopic (exact) mass is 249 g/mol. The Labute approximate surface area is 108 Å². The van der Waals surface area contributed by atoms with Gasteiger partial charge in [-0.25, -0.2) is 0 Å². The zero-order chi connectivity index (χ0) is 12.1. The fraction of sp³-hybridized carbons (Fsp3) is 0.500. The molecule has 3 heteroatoms. The molecule has 1 aromatic carbocycles. The van der Waals surface area contributed by atoms with Gasteiger partial charge in [0.1, 0.15) is 0 Å². The van der Waals surface area contributed by atoms with Crippen LogP contribution >= 0.6 is 12.2 Å². The molecule has 1 heterocycles. The third-order valence-corrected chi connectivity index (χ3v) is 3.66. The molecule has 2 nitrogen and oxygen atoms in total. The van der Waals surface area contributed by atoms with Crippen molar-refractivity contribution in [3.63, 3.8) is 0 Å². The highest BCUT2D eigenvalue weighted by atomic mass is 32.1. The molecule has 2 rings (SSSR count). The summed E-state index contributed by atoms with van der Waals surface area (Å²) in [5, 5.41) is 3.34. The van der Waals surface area contributed by atoms with E-state index in [-0.39, 0.29) is 0 Å². The van der Waals surface area contributed by atoms with Crippen molar-refractivity contribution in [2.45, 2.75) is 26.2 Å². The molecule has 0 radical (unpaired) electrons. The number of hydrogen-bond acceptors (Lipinski definition) is 2. The summed E-state index contributed by atoms with van der Waals surface area (Å²) in [6.45, 7) is 3.83. The van der Waals surface area contributed by atoms with Crippen molar-refractivity contribution in [3.05, 3.63) is 29.8 Å². The molecule has 0 aliphatic carbocycles. The van der Waals surface area contributed by atoms with Crippen molar-refractivity contribution in [2.75, 3.05) is 18.5 Å². The van der Waals surface area contributed by atoms with E-state index in [1.165, 1.54) is 5.56 Å². The van der Waals surface area contributed by atoms with E-state index in [9.17, 15) is 0 Å². The van der Waals surface area contributed by atoms with E-state index >= 15 is 0 Å². The standard InChI is InChI=1S/C14H19NOS/c1-2-11-3-5-13(6-4-11)15-14(17)12-7-9-16-10-8-12/h3-6,12H,2,7-10H2,1H3,(H,15,17). The highest BCUT2D eigenvalue weighted by Crippen LogP contribution is 2.19. The minimum atomic E-state index is 0.476. The molecule has 0 amide bonds. The van der Waals surface area contributed by atoms with Crippen LogP contribution in [0.5, 0.6) is 0 Å². The second kappa shape index (κ2) is 6.12. The summed E-state index contributed by atoms with van der Waals surface area (Å²) in [5.74, 6) is 0.476. The summed E-state index contributed by atoms with van der Waals surface area (Å²) in [7, 11) is 0. The Kier molecular flexibility index (Phi) is 4.51. The summed E-state index contributed by atoms with van der Waals surface area (Å²) < 4.78 is 5.34. The van der Waals surface area contributed by atoms with E-state index in [4.69, 9.17) is 17.0 Å². The predicted octanol–water partition coefficient (Wildman–Crippen LogP) is 3.41. The maximum Gasteiger partial charge on any atom is 0.0830 e. The lowest BCUT2D eigenvalue weighted by Gasteiger charge is -2.23. The Bertz CT molecular complexity index is 368. The van der Waals surface area contributed by atoms with Gasteiger partial charge in [-0.1, -0.05) is 31.3 Å². The topological polar surface area (TPSA) is 21.3 Å². The largest absolute Gasteiger partial charge is 0.381 e. The van der Waals surface area contributed by atoms with Gasteiger partial charge in [-0.3, -0.25) is 0 Å². The number of thiocarbonyl (C=S) groups is 1. The predicted molar refractivity (Wildman–Crippen MR) is 75.6 cm³/mol. The van der Waals surface area contributed by atoms with Crippen LogP contribution in [0, 0.1) is 5.92 Å². The molecule has 0 unspecified atom stereocenters. The number of benzene rings is 1. The van der Waals surface area contributed by atoms with E-state index in [2.05, 4.69) is 36.5 Å². The first kappa shape index (κ1) is 12.5. The second-order valence-corrected chi connectivity index (χ2v) is 4.87. The van der Waals surface area contributed by atoms with Crippen molar-refractivity contribution in [2.24, 2.45) is 5.92 Å². The molecular weight excluding hydrogens is 230 g/mol. The minimum absolute atomic E-state index is 0.476. The first-order chi connectivity index (χ1) is 8.29. The van der Waals surface area contributed by atoms with Crippen LogP contribution < -0.4 is 5.32 Å². The smallest absolute Gasteiger partial charge is 0.0830 e. The highest BCUT2D eigenvalue weighted by Gasteiger charge is 2.18. The average Bonchev–Trinajstić information content (AvgIpc) is 2.40. The van der Waals surface area contributed by atoms with Gasteiger partial charge < -0.3 is 10.1 Å². The molecule has 0 aromatic heterocycles. The van der Waals surface area contributed by atoms with Gasteiger partial charge in [-0.15, -0.1) is 0 Å². The van der Waals surface area contributed by atoms with Crippen molar-refractivity contribution >= 4 is 22.9 Å². The molecule has 1 aromatic rings. The summed E-state index contributed by atoms with van der Waals surface area (Å²) in [6.07, 6.45) is 3.16. The SMILES string of the molecule is CCc1ccc(NC(=S)C2CCOCC2)cc1. The van der Waals surface area contributed by atoms with Crippen LogP contribution in [0.2, 0.25) is 0 Å². The highest BCUT2D eigenvalue weighted by molar-refractivity contribution is 7.80. The zero-order valence-electron chi connectivity index (χ0n) is 10.2. The molecule has 1 saturated heterocycles. The maximum absolute atomic E-state index is 5.45. The van der Waals surface area contributed by atoms with Gasteiger partial charge in [0.2, 0.25) is 0 Å². The Morgan fingerprint density at radius 3 is 2.53 bits per heavy atom. The van der Waals surface area contributed by atoms with Crippen LogP contribution in [0.4, 0.5) is 5.69 Å². The Morgan fingerprint density at radius 2 is 1.94 bits per heavy atom. The zero-order valence-corrected chi connectivity index (χ0v) is 11.1. The second-order valence-electron chi connectivity index (χ2n) is 4.43. The Morgan fingerprint density at radius 1 is 1.29 bits per heavy atom. The molecule has 0 bridgehead atoms. The number of anilines is 1. The fourth-order valence-electron chi connectivity index (χ4n) is 2.03. The third-order valence-electron chi connectivity index (χ3n) is 3.22. The first-order valence-electron chi connectivity index (χ1n) is 6.27. The average molecular weight is 249 g/mol. The van der Waals surface area contributed by atoms with Crippen LogP contribution in [0.15, 0.2) is 24.3 Å². The van der Waals surface area contributed by atoms with Crippen molar-refractivity contribution in [1.82, 2.24) is 0 Å². The molecule has 0 atom stereocenters. The number of rotatable bonds is 3. The molecule has 17 heavy (non-hydrogen) atoms. The molecule has 1 fully saturated rings. The van der Waals surface area contributed by atoms with E-state index in [1.807, 2.05) is 0 Å². The van der Waals surface area contributed by atoms with Crippen LogP contribution in [0.3, 0.4) is 0 Å². The van der Waals surface area contributed by atoms with Gasteiger partial charge in [0, 0.05) is 24.8 Å². The molecule has 0 saturated carbocycles. The van der Waals surface area contributed by atoms with Crippen molar-refractivity contribution < 1.29 is 4.74 Å². The van der Waals surface area contributed by atoms with E-state index < -0.39 is 0 Å². The molecule has 92 valence electrons. The first-order valence-corrected chi connectivity index (χ1v) is 6.68. The molecule has 0 spiro atoms. The van der Waals surface area contributed by atoms with E-state index in [1.54, 1.807) is 0 Å². The summed E-state index contributed by atoms with van der Waals surface area (Å²) in [5.41, 5.74) is 2.45. The van der Waals surface area contributed by atoms with Crippen LogP contribution in [0.25, 0.3) is 0 Å². The van der Waals surface area contributed by atoms with Crippen LogP contribution in [-0.4, -0.2) is 18.2 Å². The van der Waals surface area contributed by atoms with E-state index in [0.29, 0.717) is 5.92 Å². The Hall–Kier alpha value is -0.930. The number of aryl methyl sites for hydroxylation is 1. The minimum Gasteiger partial charge on any atom is -0.381 e. The van der Waals surface area contributed by atoms with E-state index in [0.717, 1.165) is 43.2 Å². The summed E-state index contributed by atoms with van der Waals surface area (Å²) >= 11 is 5.45. The summed E-state index contributed by atoms with van der Waals surface area (Å²) in [6, 6.07) is 8.50. The Balaban J connectivity index is 1.92. The van der Waals surface area contributed by atoms with Gasteiger partial charge in [0.15, 0.2) is 0 Å². The van der Waals surface area contributed by atoms with Crippen LogP contribution in [0.1, 0.15) is 25.3 Å². The maximum atomic E-state index is 5.45. The van der Waals surface area contributed by atoms with Crippen molar-refractivity contribution in [3.8, 4) is 0 Å². The number of nitrogens with one attached hydrogen (secondary N) is 1. The summed E-state index contributed by atoms with van der Waals surface area (Å²) in [4.78, 5) is 0.956. The van der Waals surface area contributed by atoms with Gasteiger partial charge in [-0.05, 0) is 37.0 Å². The number of hydrogen-bond donors (Lipinski definition) is 1. The van der Waals surface area contributed by atoms with Gasteiger partial charge in [-0.2, -0.15) is 0 Å². The molecule has 1 aliphatic heterocycles. The normalized spacial score (nSPS) is 16.8. The fourth-order valence-corrected chi connectivity index (χ4v) is 2.38. The van der Waals surface area contributed by atoms with Gasteiger partial charge >= 0.3 is 0 Å². The van der Waals surface area contributed by atoms with Crippen LogP contribution in [-0.2, 0) is 11.2 Å². The van der Waals surface area contributed by atoms with Gasteiger partial charge in [0.25, 0.3) is 0 Å².